The molecule has 0 heterocycles. The molecule has 1 rings (SSSR count). The minimum atomic E-state index is -0.452. The number of nitrogen functional groups attached to an aromatic ring is 1. The maximum atomic E-state index is 10.4. The molecule has 0 unspecified atom stereocenters. The molecule has 12 heavy (non-hydrogen) atoms. The van der Waals surface area contributed by atoms with Gasteiger partial charge in [-0.05, 0) is 38.5 Å². The topological polar surface area (TPSA) is 69.2 Å². The molecule has 2 N–H and O–H groups in total. The van der Waals surface area contributed by atoms with Crippen LogP contribution in [0.4, 0.5) is 11.4 Å². The Hall–Kier alpha value is -0.370. The van der Waals surface area contributed by atoms with E-state index in [-0.39, 0.29) is 5.69 Å². The Morgan fingerprint density at radius 2 is 2.17 bits per heavy atom. The number of nitro benzene ring substituents is 1. The average molecular weight is 343 g/mol. The van der Waals surface area contributed by atoms with E-state index in [1.54, 1.807) is 0 Å². The molecule has 0 amide bonds. The first-order valence-corrected chi connectivity index (χ1v) is 4.78. The number of nitrogens with two attached hydrogens (primary N) is 1. The Kier molecular flexibility index (Phi) is 2.89. The molecule has 0 saturated heterocycles. The third-order valence-corrected chi connectivity index (χ3v) is 2.82. The van der Waals surface area contributed by atoms with Gasteiger partial charge in [-0.3, -0.25) is 10.1 Å². The van der Waals surface area contributed by atoms with Gasteiger partial charge < -0.3 is 5.73 Å². The molecule has 0 saturated carbocycles. The highest BCUT2D eigenvalue weighted by molar-refractivity contribution is 14.1. The lowest BCUT2D eigenvalue weighted by molar-refractivity contribution is -0.385. The van der Waals surface area contributed by atoms with E-state index >= 15 is 0 Å². The Morgan fingerprint density at radius 3 is 2.58 bits per heavy atom. The highest BCUT2D eigenvalue weighted by atomic mass is 127. The summed E-state index contributed by atoms with van der Waals surface area (Å²) in [6.45, 7) is 0. The second-order valence-corrected chi connectivity index (χ2v) is 4.10. The lowest BCUT2D eigenvalue weighted by Crippen LogP contribution is -1.94. The summed E-state index contributed by atoms with van der Waals surface area (Å²) < 4.78 is 1.23. The van der Waals surface area contributed by atoms with E-state index in [9.17, 15) is 10.1 Å². The number of rotatable bonds is 1. The zero-order valence-electron chi connectivity index (χ0n) is 5.75. The third-order valence-electron chi connectivity index (χ3n) is 1.27. The van der Waals surface area contributed by atoms with Gasteiger partial charge in [0.15, 0.2) is 0 Å². The summed E-state index contributed by atoms with van der Waals surface area (Å²) in [4.78, 5) is 9.91. The summed E-state index contributed by atoms with van der Waals surface area (Å²) >= 11 is 5.08. The number of non-ortho nitro benzene ring substituents is 1. The van der Waals surface area contributed by atoms with Gasteiger partial charge in [0.1, 0.15) is 0 Å². The van der Waals surface area contributed by atoms with Crippen LogP contribution in [0.2, 0.25) is 0 Å². The Balaban J connectivity index is 3.31. The largest absolute Gasteiger partial charge is 0.397 e. The second-order valence-electron chi connectivity index (χ2n) is 2.08. The lowest BCUT2D eigenvalue weighted by atomic mass is 10.3. The molecule has 0 bridgehead atoms. The normalized spacial score (nSPS) is 9.83. The van der Waals surface area contributed by atoms with Crippen molar-refractivity contribution in [3.05, 3.63) is 30.3 Å². The standard InChI is InChI=1S/C6H4BrIN2O2/c7-4-1-3(10(11)12)2-5(8)6(4)9/h1-2H,9H2. The van der Waals surface area contributed by atoms with E-state index in [4.69, 9.17) is 5.73 Å². The molecular weight excluding hydrogens is 339 g/mol. The fourth-order valence-corrected chi connectivity index (χ4v) is 2.10. The monoisotopic (exact) mass is 342 g/mol. The van der Waals surface area contributed by atoms with Gasteiger partial charge in [-0.15, -0.1) is 0 Å². The molecule has 4 nitrogen and oxygen atoms in total. The van der Waals surface area contributed by atoms with Crippen LogP contribution in [0.25, 0.3) is 0 Å². The predicted molar refractivity (Wildman–Crippen MR) is 57.9 cm³/mol. The first-order chi connectivity index (χ1) is 5.52. The highest BCUT2D eigenvalue weighted by Crippen LogP contribution is 2.29. The average Bonchev–Trinajstić information content (AvgIpc) is 1.99. The first-order valence-electron chi connectivity index (χ1n) is 2.91. The first kappa shape index (κ1) is 9.72. The summed E-state index contributed by atoms with van der Waals surface area (Å²) in [5.41, 5.74) is 6.14. The molecule has 64 valence electrons. The van der Waals surface area contributed by atoms with Gasteiger partial charge in [-0.1, -0.05) is 0 Å². The van der Waals surface area contributed by atoms with Crippen molar-refractivity contribution in [2.75, 3.05) is 5.73 Å². The Labute approximate surface area is 90.6 Å². The maximum absolute atomic E-state index is 10.4. The fourth-order valence-electron chi connectivity index (χ4n) is 0.676. The summed E-state index contributed by atoms with van der Waals surface area (Å²) in [6.07, 6.45) is 0. The van der Waals surface area contributed by atoms with Crippen LogP contribution >= 0.6 is 38.5 Å². The maximum Gasteiger partial charge on any atom is 0.271 e. The summed E-state index contributed by atoms with van der Waals surface area (Å²) in [6, 6.07) is 2.82. The molecule has 0 aliphatic heterocycles. The molecule has 1 aromatic carbocycles. The van der Waals surface area contributed by atoms with Crippen molar-refractivity contribution in [1.29, 1.82) is 0 Å². The number of anilines is 1. The summed E-state index contributed by atoms with van der Waals surface area (Å²) in [5, 5.41) is 10.4. The van der Waals surface area contributed by atoms with Crippen molar-refractivity contribution in [2.24, 2.45) is 0 Å². The molecule has 0 spiro atoms. The van der Waals surface area contributed by atoms with Crippen LogP contribution in [-0.2, 0) is 0 Å². The van der Waals surface area contributed by atoms with Gasteiger partial charge >= 0.3 is 0 Å². The van der Waals surface area contributed by atoms with E-state index < -0.39 is 4.92 Å². The van der Waals surface area contributed by atoms with Gasteiger partial charge in [0.05, 0.1) is 10.6 Å². The molecule has 0 aliphatic carbocycles. The van der Waals surface area contributed by atoms with Crippen LogP contribution in [-0.4, -0.2) is 4.92 Å². The Morgan fingerprint density at radius 1 is 1.58 bits per heavy atom. The quantitative estimate of drug-likeness (QED) is 0.369. The molecular formula is C6H4BrIN2O2. The van der Waals surface area contributed by atoms with E-state index in [0.717, 1.165) is 0 Å². The number of hydrogen-bond acceptors (Lipinski definition) is 3. The number of benzene rings is 1. The van der Waals surface area contributed by atoms with E-state index in [1.807, 2.05) is 22.6 Å². The summed E-state index contributed by atoms with van der Waals surface area (Å²) in [7, 11) is 0. The van der Waals surface area contributed by atoms with Crippen molar-refractivity contribution in [3.63, 3.8) is 0 Å². The van der Waals surface area contributed by atoms with Gasteiger partial charge in [0.2, 0.25) is 0 Å². The van der Waals surface area contributed by atoms with Gasteiger partial charge in [-0.2, -0.15) is 0 Å². The number of nitro groups is 1. The molecule has 0 aromatic heterocycles. The minimum Gasteiger partial charge on any atom is -0.397 e. The highest BCUT2D eigenvalue weighted by Gasteiger charge is 2.10. The van der Waals surface area contributed by atoms with E-state index in [0.29, 0.717) is 13.7 Å². The molecule has 1 aromatic rings. The van der Waals surface area contributed by atoms with Crippen molar-refractivity contribution in [2.45, 2.75) is 0 Å². The molecule has 6 heteroatoms. The van der Waals surface area contributed by atoms with Crippen LogP contribution in [0.1, 0.15) is 0 Å². The zero-order chi connectivity index (χ0) is 9.30. The van der Waals surface area contributed by atoms with Crippen molar-refractivity contribution >= 4 is 49.9 Å². The summed E-state index contributed by atoms with van der Waals surface area (Å²) in [5.74, 6) is 0. The van der Waals surface area contributed by atoms with E-state index in [2.05, 4.69) is 15.9 Å². The van der Waals surface area contributed by atoms with Crippen LogP contribution in [0, 0.1) is 13.7 Å². The number of hydrogen-bond donors (Lipinski definition) is 1. The fraction of sp³-hybridized carbons (Fsp3) is 0. The molecule has 0 atom stereocenters. The molecule has 0 aliphatic rings. The Bertz CT molecular complexity index is 319. The SMILES string of the molecule is Nc1c(Br)cc([N+](=O)[O-])cc1I. The smallest absolute Gasteiger partial charge is 0.271 e. The molecule has 0 fully saturated rings. The predicted octanol–water partition coefficient (Wildman–Crippen LogP) is 2.54. The van der Waals surface area contributed by atoms with Crippen LogP contribution in [0.5, 0.6) is 0 Å². The molecule has 0 radical (unpaired) electrons. The van der Waals surface area contributed by atoms with Crippen LogP contribution in [0.15, 0.2) is 16.6 Å². The second kappa shape index (κ2) is 3.56. The van der Waals surface area contributed by atoms with Crippen molar-refractivity contribution in [1.82, 2.24) is 0 Å². The van der Waals surface area contributed by atoms with Crippen molar-refractivity contribution in [3.8, 4) is 0 Å². The zero-order valence-corrected chi connectivity index (χ0v) is 9.50. The van der Waals surface area contributed by atoms with Gasteiger partial charge in [-0.25, -0.2) is 0 Å². The van der Waals surface area contributed by atoms with Gasteiger partial charge in [0.25, 0.3) is 5.69 Å². The van der Waals surface area contributed by atoms with Crippen molar-refractivity contribution < 1.29 is 4.92 Å². The third kappa shape index (κ3) is 1.86. The van der Waals surface area contributed by atoms with E-state index in [1.165, 1.54) is 12.1 Å². The number of halogens is 2. The number of nitrogens with zero attached hydrogens (tertiary/aromatic N) is 1. The van der Waals surface area contributed by atoms with Crippen LogP contribution in [0.3, 0.4) is 0 Å². The van der Waals surface area contributed by atoms with Gasteiger partial charge in [0, 0.05) is 20.2 Å². The lowest BCUT2D eigenvalue weighted by Gasteiger charge is -2.00. The minimum absolute atomic E-state index is 0.0421. The van der Waals surface area contributed by atoms with Crippen LogP contribution < -0.4 is 5.73 Å².